The average Bonchev–Trinajstić information content (AvgIpc) is 2.16. The van der Waals surface area contributed by atoms with E-state index in [0.29, 0.717) is 25.9 Å². The van der Waals surface area contributed by atoms with E-state index in [1.807, 2.05) is 10.6 Å². The van der Waals surface area contributed by atoms with Gasteiger partial charge in [-0.1, -0.05) is 0 Å². The molecule has 0 aromatic heterocycles. The zero-order valence-electron chi connectivity index (χ0n) is 8.47. The summed E-state index contributed by atoms with van der Waals surface area (Å²) in [5, 5.41) is 21.2. The molecule has 0 aromatic rings. The molecule has 0 bridgehead atoms. The number of rotatable bonds is 3. The molecule has 1 aliphatic heterocycles. The van der Waals surface area contributed by atoms with E-state index in [4.69, 9.17) is 10.2 Å². The molecule has 1 aliphatic rings. The second-order valence-corrected chi connectivity index (χ2v) is 3.38. The topological polar surface area (TPSA) is 119 Å². The van der Waals surface area contributed by atoms with Gasteiger partial charge in [-0.2, -0.15) is 0 Å². The summed E-state index contributed by atoms with van der Waals surface area (Å²) in [6, 6.07) is 0. The monoisotopic (exact) mass is 231 g/mol. The van der Waals surface area contributed by atoms with Crippen LogP contribution in [0.2, 0.25) is 0 Å². The van der Waals surface area contributed by atoms with Gasteiger partial charge in [-0.05, 0) is 0 Å². The molecular formula is C8H13N3O5. The Morgan fingerprint density at radius 3 is 1.94 bits per heavy atom. The molecule has 2 amide bonds. The van der Waals surface area contributed by atoms with E-state index in [1.165, 1.54) is 0 Å². The lowest BCUT2D eigenvalue weighted by molar-refractivity contribution is -0.122. The summed E-state index contributed by atoms with van der Waals surface area (Å²) >= 11 is 0. The number of amides is 2. The summed E-state index contributed by atoms with van der Waals surface area (Å²) < 4.78 is 0. The highest BCUT2D eigenvalue weighted by Gasteiger charge is 2.25. The van der Waals surface area contributed by atoms with E-state index in [1.54, 1.807) is 4.90 Å². The van der Waals surface area contributed by atoms with E-state index in [2.05, 4.69) is 0 Å². The number of hydrogen-bond acceptors (Lipinski definition) is 4. The predicted molar refractivity (Wildman–Crippen MR) is 51.9 cm³/mol. The molecular weight excluding hydrogens is 218 g/mol. The van der Waals surface area contributed by atoms with Gasteiger partial charge in [0.2, 0.25) is 0 Å². The number of carboxylic acid groups (broad SMARTS) is 2. The lowest BCUT2D eigenvalue weighted by atomic mass is 10.1. The van der Waals surface area contributed by atoms with Crippen LogP contribution in [0, 0.1) is 0 Å². The zero-order chi connectivity index (χ0) is 12.1. The summed E-state index contributed by atoms with van der Waals surface area (Å²) in [5.41, 5.74) is 0. The number of piperidine rings is 1. The zero-order valence-corrected chi connectivity index (χ0v) is 8.47. The van der Waals surface area contributed by atoms with Crippen LogP contribution >= 0.6 is 0 Å². The van der Waals surface area contributed by atoms with Crippen LogP contribution in [0.15, 0.2) is 0 Å². The number of likely N-dealkylation sites (tertiary alicyclic amines) is 1. The lowest BCUT2D eigenvalue weighted by Gasteiger charge is -2.33. The standard InChI is InChI=1S/C8H13N3O5/c12-5-1-3-11(4-2-5)6(9-7(13)14)10-8(15)16/h6,9-10H,1-4H2,(H,13,14)(H,15,16). The molecule has 16 heavy (non-hydrogen) atoms. The van der Waals surface area contributed by atoms with Gasteiger partial charge in [-0.15, -0.1) is 0 Å². The van der Waals surface area contributed by atoms with Crippen LogP contribution in [0.3, 0.4) is 0 Å². The Morgan fingerprint density at radius 2 is 1.56 bits per heavy atom. The number of hydrogen-bond donors (Lipinski definition) is 4. The van der Waals surface area contributed by atoms with Crippen molar-refractivity contribution in [3.8, 4) is 0 Å². The fourth-order valence-electron chi connectivity index (χ4n) is 1.48. The summed E-state index contributed by atoms with van der Waals surface area (Å²) in [4.78, 5) is 33.5. The number of nitrogens with one attached hydrogen (secondary N) is 2. The molecule has 8 heteroatoms. The first-order valence-electron chi connectivity index (χ1n) is 4.73. The molecule has 90 valence electrons. The van der Waals surface area contributed by atoms with Gasteiger partial charge in [-0.3, -0.25) is 20.3 Å². The maximum atomic E-state index is 11.0. The van der Waals surface area contributed by atoms with E-state index in [-0.39, 0.29) is 5.78 Å². The van der Waals surface area contributed by atoms with Gasteiger partial charge in [0.1, 0.15) is 5.78 Å². The third kappa shape index (κ3) is 3.73. The molecule has 0 unspecified atom stereocenters. The second kappa shape index (κ2) is 5.31. The van der Waals surface area contributed by atoms with Crippen molar-refractivity contribution in [2.45, 2.75) is 19.1 Å². The predicted octanol–water partition coefficient (Wildman–Crippen LogP) is -0.530. The first-order chi connectivity index (χ1) is 7.49. The van der Waals surface area contributed by atoms with Crippen LogP contribution < -0.4 is 10.6 Å². The highest BCUT2D eigenvalue weighted by molar-refractivity contribution is 5.79. The van der Waals surface area contributed by atoms with Crippen molar-refractivity contribution in [2.24, 2.45) is 0 Å². The van der Waals surface area contributed by atoms with Crippen LogP contribution in [0.25, 0.3) is 0 Å². The Morgan fingerprint density at radius 1 is 1.12 bits per heavy atom. The molecule has 1 rings (SSSR count). The van der Waals surface area contributed by atoms with Gasteiger partial charge >= 0.3 is 12.2 Å². The normalized spacial score (nSPS) is 17.2. The molecule has 0 saturated carbocycles. The lowest BCUT2D eigenvalue weighted by Crippen LogP contribution is -2.59. The van der Waals surface area contributed by atoms with Gasteiger partial charge in [0.05, 0.1) is 0 Å². The van der Waals surface area contributed by atoms with Gasteiger partial charge in [-0.25, -0.2) is 9.59 Å². The van der Waals surface area contributed by atoms with Gasteiger partial charge in [0.15, 0.2) is 6.29 Å². The van der Waals surface area contributed by atoms with Crippen LogP contribution in [0.4, 0.5) is 9.59 Å². The first-order valence-corrected chi connectivity index (χ1v) is 4.73. The van der Waals surface area contributed by atoms with Gasteiger partial charge in [0, 0.05) is 25.9 Å². The van der Waals surface area contributed by atoms with Crippen LogP contribution in [-0.4, -0.2) is 52.5 Å². The summed E-state index contributed by atoms with van der Waals surface area (Å²) in [6.45, 7) is 0.675. The molecule has 1 fully saturated rings. The van der Waals surface area contributed by atoms with Crippen molar-refractivity contribution in [2.75, 3.05) is 13.1 Å². The van der Waals surface area contributed by atoms with Crippen LogP contribution in [0.1, 0.15) is 12.8 Å². The minimum Gasteiger partial charge on any atom is -0.465 e. The maximum Gasteiger partial charge on any atom is 0.407 e. The van der Waals surface area contributed by atoms with E-state index < -0.39 is 18.5 Å². The molecule has 0 aromatic carbocycles. The molecule has 8 nitrogen and oxygen atoms in total. The van der Waals surface area contributed by atoms with Crippen LogP contribution in [-0.2, 0) is 4.79 Å². The van der Waals surface area contributed by atoms with Crippen molar-refractivity contribution in [1.82, 2.24) is 15.5 Å². The highest BCUT2D eigenvalue weighted by Crippen LogP contribution is 2.07. The van der Waals surface area contributed by atoms with Crippen LogP contribution in [0.5, 0.6) is 0 Å². The number of nitrogens with zero attached hydrogens (tertiary/aromatic N) is 1. The largest absolute Gasteiger partial charge is 0.465 e. The minimum absolute atomic E-state index is 0.0978. The number of ketones is 1. The molecule has 0 radical (unpaired) electrons. The number of carbonyl (C=O) groups excluding carboxylic acids is 1. The molecule has 0 atom stereocenters. The average molecular weight is 231 g/mol. The Labute approximate surface area is 91.2 Å². The Balaban J connectivity index is 2.57. The molecule has 1 heterocycles. The Kier molecular flexibility index (Phi) is 4.06. The Hall–Kier alpha value is -1.83. The van der Waals surface area contributed by atoms with Crippen molar-refractivity contribution < 1.29 is 24.6 Å². The SMILES string of the molecule is O=C1CCN(C(NC(=O)O)NC(=O)O)CC1. The molecule has 0 aliphatic carbocycles. The second-order valence-electron chi connectivity index (χ2n) is 3.38. The van der Waals surface area contributed by atoms with E-state index in [0.717, 1.165) is 0 Å². The number of Topliss-reactive ketones (excluding diaryl/α,β-unsaturated/α-hetero) is 1. The molecule has 4 N–H and O–H groups in total. The number of carbonyl (C=O) groups is 3. The smallest absolute Gasteiger partial charge is 0.407 e. The summed E-state index contributed by atoms with van der Waals surface area (Å²) in [5.74, 6) is 0.0978. The van der Waals surface area contributed by atoms with Crippen molar-refractivity contribution in [3.05, 3.63) is 0 Å². The maximum absolute atomic E-state index is 11.0. The van der Waals surface area contributed by atoms with E-state index >= 15 is 0 Å². The highest BCUT2D eigenvalue weighted by atomic mass is 16.4. The fourth-order valence-corrected chi connectivity index (χ4v) is 1.48. The fraction of sp³-hybridized carbons (Fsp3) is 0.625. The quantitative estimate of drug-likeness (QED) is 0.485. The van der Waals surface area contributed by atoms with Crippen molar-refractivity contribution >= 4 is 18.0 Å². The van der Waals surface area contributed by atoms with E-state index in [9.17, 15) is 14.4 Å². The third-order valence-electron chi connectivity index (χ3n) is 2.24. The Bertz CT molecular complexity index is 280. The third-order valence-corrected chi connectivity index (χ3v) is 2.24. The van der Waals surface area contributed by atoms with Gasteiger partial charge in [0.25, 0.3) is 0 Å². The summed E-state index contributed by atoms with van der Waals surface area (Å²) in [6.07, 6.45) is -3.05. The van der Waals surface area contributed by atoms with Crippen molar-refractivity contribution in [1.29, 1.82) is 0 Å². The molecule has 0 spiro atoms. The first kappa shape index (κ1) is 12.2. The minimum atomic E-state index is -1.32. The van der Waals surface area contributed by atoms with Crippen molar-refractivity contribution in [3.63, 3.8) is 0 Å². The van der Waals surface area contributed by atoms with Gasteiger partial charge < -0.3 is 10.2 Å². The summed E-state index contributed by atoms with van der Waals surface area (Å²) in [7, 11) is 0. The molecule has 1 saturated heterocycles.